The van der Waals surface area contributed by atoms with E-state index in [0.29, 0.717) is 18.4 Å². The lowest BCUT2D eigenvalue weighted by molar-refractivity contribution is -0.157. The number of esters is 1. The van der Waals surface area contributed by atoms with Crippen LogP contribution < -0.4 is 0 Å². The second-order valence-corrected chi connectivity index (χ2v) is 7.23. The van der Waals surface area contributed by atoms with Crippen LogP contribution in [0.1, 0.15) is 50.2 Å². The third-order valence-corrected chi connectivity index (χ3v) is 5.22. The smallest absolute Gasteiger partial charge is 0.349 e. The van der Waals surface area contributed by atoms with E-state index in [9.17, 15) is 20.1 Å². The number of carbonyl (C=O) groups is 2. The summed E-state index contributed by atoms with van der Waals surface area (Å²) in [6, 6.07) is 11.4. The van der Waals surface area contributed by atoms with Gasteiger partial charge in [0, 0.05) is 7.05 Å². The zero-order valence-corrected chi connectivity index (χ0v) is 16.6. The number of rotatable bonds is 5. The summed E-state index contributed by atoms with van der Waals surface area (Å²) in [5.41, 5.74) is 0.723. The molecular formula is C22H25N3O3. The summed E-state index contributed by atoms with van der Waals surface area (Å²) >= 11 is 0. The van der Waals surface area contributed by atoms with Gasteiger partial charge in [-0.1, -0.05) is 49.1 Å². The standard InChI is InChI=1S/C22H25N3O3/c1-16-7-9-18(10-8-16)13-19(14-23)21(27)28-17(2)20(26)25(3)22(15-24)11-5-4-6-12-22/h7-10,13,17H,4-6,11-12H2,1-3H3/b19-13+/t17-/m0/s1. The first-order chi connectivity index (χ1) is 13.3. The van der Waals surface area contributed by atoms with Crippen LogP contribution >= 0.6 is 0 Å². The Morgan fingerprint density at radius 2 is 1.79 bits per heavy atom. The largest absolute Gasteiger partial charge is 0.448 e. The molecule has 6 heteroatoms. The van der Waals surface area contributed by atoms with Crippen LogP contribution in [0.2, 0.25) is 0 Å². The molecule has 1 fully saturated rings. The molecule has 0 spiro atoms. The molecular weight excluding hydrogens is 354 g/mol. The van der Waals surface area contributed by atoms with Crippen LogP contribution in [-0.4, -0.2) is 35.5 Å². The Kier molecular flexibility index (Phi) is 6.95. The number of benzene rings is 1. The fourth-order valence-corrected chi connectivity index (χ4v) is 3.38. The van der Waals surface area contributed by atoms with Gasteiger partial charge in [0.25, 0.3) is 5.91 Å². The molecule has 2 rings (SSSR count). The van der Waals surface area contributed by atoms with Gasteiger partial charge in [-0.05, 0) is 38.3 Å². The molecule has 1 aliphatic carbocycles. The summed E-state index contributed by atoms with van der Waals surface area (Å²) in [4.78, 5) is 26.5. The molecule has 28 heavy (non-hydrogen) atoms. The maximum Gasteiger partial charge on any atom is 0.349 e. The van der Waals surface area contributed by atoms with Gasteiger partial charge in [-0.3, -0.25) is 4.79 Å². The van der Waals surface area contributed by atoms with Crippen molar-refractivity contribution in [2.45, 2.75) is 57.6 Å². The number of hydrogen-bond donors (Lipinski definition) is 0. The highest BCUT2D eigenvalue weighted by molar-refractivity contribution is 5.99. The van der Waals surface area contributed by atoms with E-state index in [0.717, 1.165) is 24.8 Å². The summed E-state index contributed by atoms with van der Waals surface area (Å²) in [5, 5.41) is 18.9. The van der Waals surface area contributed by atoms with E-state index in [1.54, 1.807) is 19.2 Å². The molecule has 1 aromatic carbocycles. The maximum atomic E-state index is 12.7. The highest BCUT2D eigenvalue weighted by Crippen LogP contribution is 2.33. The summed E-state index contributed by atoms with van der Waals surface area (Å²) in [5.74, 6) is -1.29. The van der Waals surface area contributed by atoms with E-state index >= 15 is 0 Å². The number of nitrogens with zero attached hydrogens (tertiary/aromatic N) is 3. The Bertz CT molecular complexity index is 837. The predicted molar refractivity (Wildman–Crippen MR) is 105 cm³/mol. The molecule has 1 atom stereocenters. The highest BCUT2D eigenvalue weighted by Gasteiger charge is 2.40. The molecule has 0 radical (unpaired) electrons. The van der Waals surface area contributed by atoms with Gasteiger partial charge in [-0.2, -0.15) is 10.5 Å². The van der Waals surface area contributed by atoms with Crippen molar-refractivity contribution in [2.24, 2.45) is 0 Å². The van der Waals surface area contributed by atoms with E-state index < -0.39 is 23.5 Å². The Morgan fingerprint density at radius 3 is 2.32 bits per heavy atom. The number of carbonyl (C=O) groups excluding carboxylic acids is 2. The van der Waals surface area contributed by atoms with Crippen molar-refractivity contribution in [1.29, 1.82) is 10.5 Å². The van der Waals surface area contributed by atoms with E-state index in [1.807, 2.05) is 25.1 Å². The topological polar surface area (TPSA) is 94.2 Å². The molecule has 1 aromatic rings. The van der Waals surface area contributed by atoms with Crippen LogP contribution in [0.15, 0.2) is 29.8 Å². The number of ether oxygens (including phenoxy) is 1. The molecule has 0 bridgehead atoms. The third-order valence-electron chi connectivity index (χ3n) is 5.22. The first-order valence-corrected chi connectivity index (χ1v) is 9.41. The molecule has 0 unspecified atom stereocenters. The number of aryl methyl sites for hydroxylation is 1. The fourth-order valence-electron chi connectivity index (χ4n) is 3.38. The van der Waals surface area contributed by atoms with Gasteiger partial charge < -0.3 is 9.64 Å². The fraction of sp³-hybridized carbons (Fsp3) is 0.455. The summed E-state index contributed by atoms with van der Waals surface area (Å²) in [7, 11) is 1.58. The molecule has 0 aromatic heterocycles. The Labute approximate surface area is 166 Å². The van der Waals surface area contributed by atoms with Crippen molar-refractivity contribution in [3.8, 4) is 12.1 Å². The van der Waals surface area contributed by atoms with Crippen molar-refractivity contribution in [3.05, 3.63) is 41.0 Å². The second-order valence-electron chi connectivity index (χ2n) is 7.23. The van der Waals surface area contributed by atoms with Crippen LogP contribution in [0.25, 0.3) is 6.08 Å². The molecule has 6 nitrogen and oxygen atoms in total. The van der Waals surface area contributed by atoms with E-state index in [2.05, 4.69) is 6.07 Å². The summed E-state index contributed by atoms with van der Waals surface area (Å²) in [6.45, 7) is 3.41. The van der Waals surface area contributed by atoms with Crippen molar-refractivity contribution in [2.75, 3.05) is 7.05 Å². The average Bonchev–Trinajstić information content (AvgIpc) is 2.72. The van der Waals surface area contributed by atoms with Crippen LogP contribution in [0.5, 0.6) is 0 Å². The number of amides is 1. The number of nitriles is 2. The van der Waals surface area contributed by atoms with Gasteiger partial charge in [-0.15, -0.1) is 0 Å². The Morgan fingerprint density at radius 1 is 1.18 bits per heavy atom. The summed E-state index contributed by atoms with van der Waals surface area (Å²) < 4.78 is 5.23. The monoisotopic (exact) mass is 379 g/mol. The van der Waals surface area contributed by atoms with E-state index in [-0.39, 0.29) is 5.57 Å². The van der Waals surface area contributed by atoms with Crippen LogP contribution in [0.3, 0.4) is 0 Å². The lowest BCUT2D eigenvalue weighted by Gasteiger charge is -2.39. The van der Waals surface area contributed by atoms with Crippen molar-refractivity contribution in [3.63, 3.8) is 0 Å². The molecule has 1 amide bonds. The lowest BCUT2D eigenvalue weighted by Crippen LogP contribution is -2.53. The van der Waals surface area contributed by atoms with Crippen LogP contribution in [-0.2, 0) is 14.3 Å². The zero-order chi connectivity index (χ0) is 20.7. The minimum absolute atomic E-state index is 0.182. The SMILES string of the molecule is Cc1ccc(/C=C(\C#N)C(=O)O[C@@H](C)C(=O)N(C)C2(C#N)CCCCC2)cc1. The number of likely N-dealkylation sites (N-methyl/N-ethyl adjacent to an activating group) is 1. The van der Waals surface area contributed by atoms with E-state index in [4.69, 9.17) is 4.74 Å². The first kappa shape index (κ1) is 21.2. The van der Waals surface area contributed by atoms with Gasteiger partial charge in [0.05, 0.1) is 6.07 Å². The number of hydrogen-bond acceptors (Lipinski definition) is 5. The summed E-state index contributed by atoms with van der Waals surface area (Å²) in [6.07, 6.45) is 4.40. The molecule has 0 saturated heterocycles. The first-order valence-electron chi connectivity index (χ1n) is 9.41. The predicted octanol–water partition coefficient (Wildman–Crippen LogP) is 3.52. The normalized spacial score (nSPS) is 17.0. The lowest BCUT2D eigenvalue weighted by atomic mass is 9.81. The van der Waals surface area contributed by atoms with Gasteiger partial charge in [0.2, 0.25) is 0 Å². The van der Waals surface area contributed by atoms with Crippen molar-refractivity contribution in [1.82, 2.24) is 4.90 Å². The van der Waals surface area contributed by atoms with Gasteiger partial charge in [0.1, 0.15) is 17.2 Å². The average molecular weight is 379 g/mol. The minimum Gasteiger partial charge on any atom is -0.448 e. The highest BCUT2D eigenvalue weighted by atomic mass is 16.5. The molecule has 1 aliphatic rings. The third kappa shape index (κ3) is 4.78. The molecule has 0 aliphatic heterocycles. The van der Waals surface area contributed by atoms with Gasteiger partial charge in [-0.25, -0.2) is 4.79 Å². The maximum absolute atomic E-state index is 12.7. The zero-order valence-electron chi connectivity index (χ0n) is 16.6. The quantitative estimate of drug-likeness (QED) is 0.443. The van der Waals surface area contributed by atoms with Gasteiger partial charge >= 0.3 is 5.97 Å². The van der Waals surface area contributed by atoms with Crippen LogP contribution in [0, 0.1) is 29.6 Å². The Hall–Kier alpha value is -3.12. The van der Waals surface area contributed by atoms with Crippen LogP contribution in [0.4, 0.5) is 0 Å². The molecule has 146 valence electrons. The molecule has 0 heterocycles. The molecule has 0 N–H and O–H groups in total. The van der Waals surface area contributed by atoms with Crippen molar-refractivity contribution >= 4 is 18.0 Å². The minimum atomic E-state index is -1.08. The Balaban J connectivity index is 2.09. The second kappa shape index (κ2) is 9.19. The van der Waals surface area contributed by atoms with Gasteiger partial charge in [0.15, 0.2) is 6.10 Å². The van der Waals surface area contributed by atoms with E-state index in [1.165, 1.54) is 17.9 Å². The molecule has 1 saturated carbocycles. The van der Waals surface area contributed by atoms with Crippen molar-refractivity contribution < 1.29 is 14.3 Å².